The van der Waals surface area contributed by atoms with Crippen molar-refractivity contribution in [2.24, 2.45) is 0 Å². The van der Waals surface area contributed by atoms with Crippen LogP contribution in [0.25, 0.3) is 10.2 Å². The highest BCUT2D eigenvalue weighted by molar-refractivity contribution is 7.93. The number of thiazole rings is 1. The molecule has 0 bridgehead atoms. The van der Waals surface area contributed by atoms with E-state index >= 15 is 0 Å². The molecular weight excluding hydrogens is 320 g/mol. The molecule has 1 aromatic heterocycles. The van der Waals surface area contributed by atoms with Crippen molar-refractivity contribution in [2.75, 3.05) is 11.8 Å². The minimum Gasteiger partial charge on any atom is -0.380 e. The van der Waals surface area contributed by atoms with Crippen LogP contribution >= 0.6 is 11.3 Å². The number of aromatic nitrogens is 1. The Morgan fingerprint density at radius 3 is 2.77 bits per heavy atom. The fourth-order valence-corrected chi connectivity index (χ4v) is 4.23. The lowest BCUT2D eigenvalue weighted by molar-refractivity contribution is 0.184. The Bertz CT molecular complexity index is 871. The number of nitrogens with zero attached hydrogens (tertiary/aromatic N) is 1. The predicted octanol–water partition coefficient (Wildman–Crippen LogP) is 3.24. The average Bonchev–Trinajstić information content (AvgIpc) is 2.89. The Hall–Kier alpha value is -1.96. The molecule has 1 N–H and O–H groups in total. The predicted molar refractivity (Wildman–Crippen MR) is 87.6 cm³/mol. The van der Waals surface area contributed by atoms with E-state index in [1.54, 1.807) is 25.3 Å². The highest BCUT2D eigenvalue weighted by Crippen LogP contribution is 2.27. The fraction of sp³-hybridized carbons (Fsp3) is 0.133. The van der Waals surface area contributed by atoms with E-state index in [0.717, 1.165) is 15.8 Å². The number of hydrogen-bond donors (Lipinski definition) is 1. The van der Waals surface area contributed by atoms with E-state index in [9.17, 15) is 8.42 Å². The second kappa shape index (κ2) is 6.04. The van der Waals surface area contributed by atoms with Gasteiger partial charge in [-0.3, -0.25) is 4.72 Å². The normalized spacial score (nSPS) is 11.7. The molecule has 0 aliphatic rings. The third-order valence-electron chi connectivity index (χ3n) is 3.04. The summed E-state index contributed by atoms with van der Waals surface area (Å²) < 4.78 is 33.4. The summed E-state index contributed by atoms with van der Waals surface area (Å²) in [5.41, 5.74) is 1.58. The minimum atomic E-state index is -3.66. The van der Waals surface area contributed by atoms with Gasteiger partial charge in [-0.15, -0.1) is 0 Å². The van der Waals surface area contributed by atoms with Gasteiger partial charge in [-0.25, -0.2) is 13.4 Å². The summed E-state index contributed by atoms with van der Waals surface area (Å²) in [4.78, 5) is 4.48. The van der Waals surface area contributed by atoms with E-state index in [-0.39, 0.29) is 4.90 Å². The molecule has 0 spiro atoms. The molecule has 5 nitrogen and oxygen atoms in total. The Balaban J connectivity index is 1.91. The van der Waals surface area contributed by atoms with Gasteiger partial charge >= 0.3 is 0 Å². The Morgan fingerprint density at radius 1 is 1.18 bits per heavy atom. The number of rotatable bonds is 5. The Labute approximate surface area is 132 Å². The molecular formula is C15H14N2O3S2. The Morgan fingerprint density at radius 2 is 2.00 bits per heavy atom. The maximum atomic E-state index is 12.4. The zero-order chi connectivity index (χ0) is 15.6. The van der Waals surface area contributed by atoms with E-state index in [2.05, 4.69) is 9.71 Å². The van der Waals surface area contributed by atoms with Gasteiger partial charge in [-0.05, 0) is 29.8 Å². The van der Waals surface area contributed by atoms with E-state index in [4.69, 9.17) is 4.74 Å². The van der Waals surface area contributed by atoms with Gasteiger partial charge in [0, 0.05) is 7.11 Å². The monoisotopic (exact) mass is 334 g/mol. The van der Waals surface area contributed by atoms with Crippen molar-refractivity contribution >= 4 is 36.7 Å². The maximum Gasteiger partial charge on any atom is 0.263 e. The van der Waals surface area contributed by atoms with Crippen LogP contribution < -0.4 is 4.72 Å². The zero-order valence-electron chi connectivity index (χ0n) is 11.8. The first-order valence-corrected chi connectivity index (χ1v) is 8.85. The molecule has 7 heteroatoms. The van der Waals surface area contributed by atoms with Crippen LogP contribution in [-0.2, 0) is 21.4 Å². The third kappa shape index (κ3) is 3.11. The van der Waals surface area contributed by atoms with E-state index < -0.39 is 10.0 Å². The van der Waals surface area contributed by atoms with E-state index in [1.165, 1.54) is 11.3 Å². The van der Waals surface area contributed by atoms with Crippen LogP contribution in [0.4, 0.5) is 5.13 Å². The van der Waals surface area contributed by atoms with Crippen LogP contribution in [0.2, 0.25) is 0 Å². The lowest BCUT2D eigenvalue weighted by atomic mass is 10.2. The van der Waals surface area contributed by atoms with Gasteiger partial charge in [0.1, 0.15) is 0 Å². The Kier molecular flexibility index (Phi) is 4.10. The second-order valence-corrected chi connectivity index (χ2v) is 7.39. The molecule has 1 heterocycles. The molecule has 0 aliphatic heterocycles. The number of ether oxygens (including phenoxy) is 1. The van der Waals surface area contributed by atoms with Gasteiger partial charge in [0.05, 0.1) is 21.7 Å². The lowest BCUT2D eigenvalue weighted by Crippen LogP contribution is -2.13. The first-order chi connectivity index (χ1) is 10.6. The summed E-state index contributed by atoms with van der Waals surface area (Å²) in [5.74, 6) is 0. The van der Waals surface area contributed by atoms with Crippen molar-refractivity contribution < 1.29 is 13.2 Å². The first kappa shape index (κ1) is 15.0. The number of benzene rings is 2. The molecule has 3 rings (SSSR count). The van der Waals surface area contributed by atoms with Gasteiger partial charge < -0.3 is 4.74 Å². The van der Waals surface area contributed by atoms with Crippen LogP contribution in [-0.4, -0.2) is 20.5 Å². The summed E-state index contributed by atoms with van der Waals surface area (Å²) in [6.45, 7) is 0.366. The van der Waals surface area contributed by atoms with Crippen LogP contribution in [0.5, 0.6) is 0 Å². The molecule has 0 amide bonds. The highest BCUT2D eigenvalue weighted by atomic mass is 32.2. The van der Waals surface area contributed by atoms with Crippen molar-refractivity contribution in [3.63, 3.8) is 0 Å². The molecule has 0 atom stereocenters. The van der Waals surface area contributed by atoms with E-state index in [1.807, 2.05) is 30.3 Å². The summed E-state index contributed by atoms with van der Waals surface area (Å²) in [7, 11) is -2.09. The van der Waals surface area contributed by atoms with Crippen LogP contribution in [0.3, 0.4) is 0 Å². The van der Waals surface area contributed by atoms with Crippen molar-refractivity contribution in [3.8, 4) is 0 Å². The molecule has 2 aromatic carbocycles. The van der Waals surface area contributed by atoms with Crippen LogP contribution in [0.15, 0.2) is 53.4 Å². The molecule has 0 saturated heterocycles. The van der Waals surface area contributed by atoms with Crippen molar-refractivity contribution in [1.82, 2.24) is 4.98 Å². The number of para-hydroxylation sites is 1. The van der Waals surface area contributed by atoms with Crippen molar-refractivity contribution in [3.05, 3.63) is 54.1 Å². The third-order valence-corrected chi connectivity index (χ3v) is 5.45. The van der Waals surface area contributed by atoms with Gasteiger partial charge in [0.15, 0.2) is 5.13 Å². The standard InChI is InChI=1S/C15H14N2O3S2/c1-20-10-11-5-4-6-12(9-11)22(18,19)17-15-16-13-7-2-3-8-14(13)21-15/h2-9H,10H2,1H3,(H,16,17). The fourth-order valence-electron chi connectivity index (χ4n) is 2.06. The molecule has 0 fully saturated rings. The van der Waals surface area contributed by atoms with Crippen molar-refractivity contribution in [1.29, 1.82) is 0 Å². The summed E-state index contributed by atoms with van der Waals surface area (Å²) in [6, 6.07) is 14.2. The number of anilines is 1. The number of sulfonamides is 1. The highest BCUT2D eigenvalue weighted by Gasteiger charge is 2.17. The van der Waals surface area contributed by atoms with Gasteiger partial charge in [-0.2, -0.15) is 0 Å². The zero-order valence-corrected chi connectivity index (χ0v) is 13.4. The molecule has 22 heavy (non-hydrogen) atoms. The molecule has 0 radical (unpaired) electrons. The van der Waals surface area contributed by atoms with Crippen molar-refractivity contribution in [2.45, 2.75) is 11.5 Å². The molecule has 114 valence electrons. The SMILES string of the molecule is COCc1cccc(S(=O)(=O)Nc2nc3ccccc3s2)c1. The summed E-state index contributed by atoms with van der Waals surface area (Å²) >= 11 is 1.31. The molecule has 0 unspecified atom stereocenters. The quantitative estimate of drug-likeness (QED) is 0.778. The number of methoxy groups -OCH3 is 1. The summed E-state index contributed by atoms with van der Waals surface area (Å²) in [6.07, 6.45) is 0. The average molecular weight is 334 g/mol. The number of fused-ring (bicyclic) bond motifs is 1. The van der Waals surface area contributed by atoms with Gasteiger partial charge in [0.2, 0.25) is 0 Å². The van der Waals surface area contributed by atoms with E-state index in [0.29, 0.717) is 11.7 Å². The lowest BCUT2D eigenvalue weighted by Gasteiger charge is -2.07. The van der Waals surface area contributed by atoms with Crippen LogP contribution in [0, 0.1) is 0 Å². The minimum absolute atomic E-state index is 0.196. The molecule has 0 saturated carbocycles. The maximum absolute atomic E-state index is 12.4. The smallest absolute Gasteiger partial charge is 0.263 e. The molecule has 0 aliphatic carbocycles. The second-order valence-electron chi connectivity index (χ2n) is 4.67. The van der Waals surface area contributed by atoms with Gasteiger partial charge in [-0.1, -0.05) is 35.6 Å². The van der Waals surface area contributed by atoms with Gasteiger partial charge in [0.25, 0.3) is 10.0 Å². The largest absolute Gasteiger partial charge is 0.380 e. The summed E-state index contributed by atoms with van der Waals surface area (Å²) in [5, 5.41) is 0.360. The number of nitrogens with one attached hydrogen (secondary N) is 1. The first-order valence-electron chi connectivity index (χ1n) is 6.55. The molecule has 3 aromatic rings. The van der Waals surface area contributed by atoms with Crippen LogP contribution in [0.1, 0.15) is 5.56 Å². The topological polar surface area (TPSA) is 68.3 Å². The number of hydrogen-bond acceptors (Lipinski definition) is 5.